The lowest BCUT2D eigenvalue weighted by atomic mass is 10.1. The van der Waals surface area contributed by atoms with E-state index in [1.54, 1.807) is 0 Å². The van der Waals surface area contributed by atoms with Crippen molar-refractivity contribution in [3.05, 3.63) is 65.7 Å². The van der Waals surface area contributed by atoms with Crippen LogP contribution in [0.3, 0.4) is 0 Å². The number of hydrogen-bond donors (Lipinski definition) is 4. The molecule has 0 aliphatic heterocycles. The molecule has 0 bridgehead atoms. The molecule has 0 saturated carbocycles. The maximum absolute atomic E-state index is 11.8. The largest absolute Gasteiger partial charge is 0.388 e. The van der Waals surface area contributed by atoms with E-state index >= 15 is 0 Å². The maximum Gasteiger partial charge on any atom is 0.226 e. The zero-order chi connectivity index (χ0) is 21.1. The predicted molar refractivity (Wildman–Crippen MR) is 119 cm³/mol. The van der Waals surface area contributed by atoms with Crippen LogP contribution in [0.15, 0.2) is 59.6 Å². The Morgan fingerprint density at radius 3 is 2.34 bits per heavy atom. The molecule has 2 aromatic carbocycles. The van der Waals surface area contributed by atoms with Crippen LogP contribution < -0.4 is 16.0 Å². The number of hydrogen-bond acceptors (Lipinski definition) is 3. The number of anilines is 1. The van der Waals surface area contributed by atoms with E-state index in [1.807, 2.05) is 75.4 Å². The number of rotatable bonds is 9. The predicted octanol–water partition coefficient (Wildman–Crippen LogP) is 3.46. The molecule has 0 heterocycles. The third-order valence-electron chi connectivity index (χ3n) is 4.40. The first-order chi connectivity index (χ1) is 14.0. The molecule has 2 aromatic rings. The number of aliphatic hydroxyl groups is 1. The smallest absolute Gasteiger partial charge is 0.226 e. The minimum absolute atomic E-state index is 0.00657. The van der Waals surface area contributed by atoms with Gasteiger partial charge in [-0.25, -0.2) is 4.99 Å². The maximum atomic E-state index is 11.8. The van der Waals surface area contributed by atoms with E-state index in [1.165, 1.54) is 0 Å². The van der Waals surface area contributed by atoms with Crippen molar-refractivity contribution in [2.75, 3.05) is 18.4 Å². The summed E-state index contributed by atoms with van der Waals surface area (Å²) in [4.78, 5) is 16.4. The van der Waals surface area contributed by atoms with Gasteiger partial charge in [-0.1, -0.05) is 56.3 Å². The fraction of sp³-hybridized carbons (Fsp3) is 0.391. The average Bonchev–Trinajstić information content (AvgIpc) is 2.73. The second-order valence-corrected chi connectivity index (χ2v) is 7.18. The zero-order valence-electron chi connectivity index (χ0n) is 17.5. The highest BCUT2D eigenvalue weighted by Crippen LogP contribution is 2.15. The molecule has 1 unspecified atom stereocenters. The Balaban J connectivity index is 1.85. The van der Waals surface area contributed by atoms with Gasteiger partial charge in [0.2, 0.25) is 5.91 Å². The Labute approximate surface area is 173 Å². The number of aliphatic hydroxyl groups excluding tert-OH is 1. The number of aliphatic imine (C=N–C) groups is 1. The standard InChI is InChI=1S/C23H32N4O2/c1-4-24-23(25-15-14-21(28)19-8-6-5-7-9-19)26-16-18-10-12-20(13-11-18)27-22(29)17(2)3/h5-13,17,21,28H,4,14-16H2,1-3H3,(H,27,29)(H2,24,25,26). The van der Waals surface area contributed by atoms with E-state index < -0.39 is 6.10 Å². The van der Waals surface area contributed by atoms with Crippen molar-refractivity contribution in [1.29, 1.82) is 0 Å². The van der Waals surface area contributed by atoms with Gasteiger partial charge in [-0.3, -0.25) is 4.79 Å². The molecule has 0 aliphatic rings. The number of benzene rings is 2. The molecule has 0 radical (unpaired) electrons. The van der Waals surface area contributed by atoms with Gasteiger partial charge in [0.15, 0.2) is 5.96 Å². The molecule has 0 aliphatic carbocycles. The second kappa shape index (κ2) is 11.9. The highest BCUT2D eigenvalue weighted by atomic mass is 16.3. The summed E-state index contributed by atoms with van der Waals surface area (Å²) in [7, 11) is 0. The molecule has 4 N–H and O–H groups in total. The van der Waals surface area contributed by atoms with E-state index in [9.17, 15) is 9.90 Å². The normalized spacial score (nSPS) is 12.5. The molecule has 6 nitrogen and oxygen atoms in total. The Morgan fingerprint density at radius 1 is 1.03 bits per heavy atom. The van der Waals surface area contributed by atoms with Gasteiger partial charge in [0.25, 0.3) is 0 Å². The van der Waals surface area contributed by atoms with Gasteiger partial charge in [0.1, 0.15) is 0 Å². The van der Waals surface area contributed by atoms with Crippen LogP contribution in [0.1, 0.15) is 44.4 Å². The van der Waals surface area contributed by atoms with E-state index in [-0.39, 0.29) is 11.8 Å². The molecular formula is C23H32N4O2. The van der Waals surface area contributed by atoms with Crippen molar-refractivity contribution in [3.8, 4) is 0 Å². The molecule has 0 fully saturated rings. The summed E-state index contributed by atoms with van der Waals surface area (Å²) in [6.07, 6.45) is 0.0961. The van der Waals surface area contributed by atoms with Crippen LogP contribution in [-0.4, -0.2) is 30.1 Å². The minimum Gasteiger partial charge on any atom is -0.388 e. The monoisotopic (exact) mass is 396 g/mol. The summed E-state index contributed by atoms with van der Waals surface area (Å²) < 4.78 is 0. The van der Waals surface area contributed by atoms with E-state index in [4.69, 9.17) is 0 Å². The van der Waals surface area contributed by atoms with Gasteiger partial charge in [-0.15, -0.1) is 0 Å². The summed E-state index contributed by atoms with van der Waals surface area (Å²) in [5, 5.41) is 19.6. The lowest BCUT2D eigenvalue weighted by molar-refractivity contribution is -0.118. The lowest BCUT2D eigenvalue weighted by Crippen LogP contribution is -2.38. The van der Waals surface area contributed by atoms with Crippen LogP contribution in [0.25, 0.3) is 0 Å². The van der Waals surface area contributed by atoms with Gasteiger partial charge in [-0.05, 0) is 36.6 Å². The summed E-state index contributed by atoms with van der Waals surface area (Å²) in [6, 6.07) is 17.4. The number of guanidine groups is 1. The van der Waals surface area contributed by atoms with E-state index in [0.29, 0.717) is 25.5 Å². The Morgan fingerprint density at radius 2 is 1.72 bits per heavy atom. The molecule has 2 rings (SSSR count). The first-order valence-electron chi connectivity index (χ1n) is 10.1. The molecule has 29 heavy (non-hydrogen) atoms. The van der Waals surface area contributed by atoms with Crippen molar-refractivity contribution in [2.24, 2.45) is 10.9 Å². The Bertz CT molecular complexity index is 773. The fourth-order valence-corrected chi connectivity index (χ4v) is 2.66. The highest BCUT2D eigenvalue weighted by Gasteiger charge is 2.08. The van der Waals surface area contributed by atoms with Gasteiger partial charge >= 0.3 is 0 Å². The lowest BCUT2D eigenvalue weighted by Gasteiger charge is -2.14. The van der Waals surface area contributed by atoms with E-state index in [2.05, 4.69) is 20.9 Å². The van der Waals surface area contributed by atoms with Crippen molar-refractivity contribution in [2.45, 2.75) is 39.8 Å². The first kappa shape index (κ1) is 22.4. The number of nitrogens with zero attached hydrogens (tertiary/aromatic N) is 1. The van der Waals surface area contributed by atoms with Crippen LogP contribution in [0, 0.1) is 5.92 Å². The number of carbonyl (C=O) groups excluding carboxylic acids is 1. The SMILES string of the molecule is CCNC(=NCc1ccc(NC(=O)C(C)C)cc1)NCCC(O)c1ccccc1. The molecule has 156 valence electrons. The molecule has 0 aromatic heterocycles. The fourth-order valence-electron chi connectivity index (χ4n) is 2.66. The first-order valence-corrected chi connectivity index (χ1v) is 10.1. The van der Waals surface area contributed by atoms with Gasteiger partial charge in [-0.2, -0.15) is 0 Å². The molecule has 0 spiro atoms. The molecule has 0 saturated heterocycles. The molecular weight excluding hydrogens is 364 g/mol. The van der Waals surface area contributed by atoms with Crippen molar-refractivity contribution in [3.63, 3.8) is 0 Å². The topological polar surface area (TPSA) is 85.8 Å². The summed E-state index contributed by atoms with van der Waals surface area (Å²) in [6.45, 7) is 7.64. The van der Waals surface area contributed by atoms with Crippen LogP contribution >= 0.6 is 0 Å². The molecule has 6 heteroatoms. The van der Waals surface area contributed by atoms with Gasteiger partial charge in [0, 0.05) is 24.7 Å². The van der Waals surface area contributed by atoms with Gasteiger partial charge in [0.05, 0.1) is 12.6 Å². The quantitative estimate of drug-likeness (QED) is 0.386. The summed E-state index contributed by atoms with van der Waals surface area (Å²) in [5.74, 6) is 0.672. The van der Waals surface area contributed by atoms with Gasteiger partial charge < -0.3 is 21.1 Å². The minimum atomic E-state index is -0.500. The Hall–Kier alpha value is -2.86. The van der Waals surface area contributed by atoms with Crippen LogP contribution in [0.2, 0.25) is 0 Å². The highest BCUT2D eigenvalue weighted by molar-refractivity contribution is 5.92. The van der Waals surface area contributed by atoms with Crippen molar-refractivity contribution >= 4 is 17.6 Å². The van der Waals surface area contributed by atoms with Crippen LogP contribution in [-0.2, 0) is 11.3 Å². The third kappa shape index (κ3) is 7.95. The molecule has 1 atom stereocenters. The van der Waals surface area contributed by atoms with Crippen molar-refractivity contribution in [1.82, 2.24) is 10.6 Å². The summed E-state index contributed by atoms with van der Waals surface area (Å²) in [5.41, 5.74) is 2.76. The second-order valence-electron chi connectivity index (χ2n) is 7.18. The molecule has 1 amide bonds. The zero-order valence-corrected chi connectivity index (χ0v) is 17.5. The number of nitrogens with one attached hydrogen (secondary N) is 3. The Kier molecular flexibility index (Phi) is 9.18. The van der Waals surface area contributed by atoms with E-state index in [0.717, 1.165) is 23.4 Å². The average molecular weight is 397 g/mol. The van der Waals surface area contributed by atoms with Crippen molar-refractivity contribution < 1.29 is 9.90 Å². The van der Waals surface area contributed by atoms with Crippen LogP contribution in [0.5, 0.6) is 0 Å². The number of carbonyl (C=O) groups is 1. The third-order valence-corrected chi connectivity index (χ3v) is 4.40. The van der Waals surface area contributed by atoms with Crippen LogP contribution in [0.4, 0.5) is 5.69 Å². The summed E-state index contributed by atoms with van der Waals surface area (Å²) >= 11 is 0. The number of amides is 1.